The molecule has 1 aromatic rings. The topological polar surface area (TPSA) is 76.4 Å². The summed E-state index contributed by atoms with van der Waals surface area (Å²) in [6.07, 6.45) is 0. The molecule has 0 saturated carbocycles. The first-order valence-corrected chi connectivity index (χ1v) is 6.36. The zero-order chi connectivity index (χ0) is 11.4. The van der Waals surface area contributed by atoms with Gasteiger partial charge in [-0.05, 0) is 24.3 Å². The summed E-state index contributed by atoms with van der Waals surface area (Å²) in [6.45, 7) is 3.37. The van der Waals surface area contributed by atoms with Crippen LogP contribution in [0.15, 0.2) is 24.3 Å². The maximum atomic E-state index is 11.9. The van der Waals surface area contributed by atoms with Crippen molar-refractivity contribution in [2.24, 2.45) is 0 Å². The van der Waals surface area contributed by atoms with Crippen molar-refractivity contribution in [3.8, 4) is 0 Å². The maximum absolute atomic E-state index is 11.9. The molecular formula is C10H16N4OS. The minimum atomic E-state index is -1.16. The number of nitrogens with zero attached hydrogens (tertiary/aromatic N) is 1. The molecule has 2 rings (SSSR count). The fourth-order valence-electron chi connectivity index (χ4n) is 1.53. The van der Waals surface area contributed by atoms with Gasteiger partial charge in [0.15, 0.2) is 11.5 Å². The summed E-state index contributed by atoms with van der Waals surface area (Å²) in [6, 6.07) is 7.24. The van der Waals surface area contributed by atoms with Crippen molar-refractivity contribution in [3.05, 3.63) is 24.3 Å². The lowest BCUT2D eigenvalue weighted by Gasteiger charge is -2.27. The number of anilines is 2. The van der Waals surface area contributed by atoms with E-state index in [4.69, 9.17) is 5.73 Å². The SMILES string of the molecule is Nc1ccc(N[S+]([O-])N2CCNCC2)cc1. The highest BCUT2D eigenvalue weighted by Crippen LogP contribution is 2.14. The predicted octanol–water partition coefficient (Wildman–Crippen LogP) is 0.165. The van der Waals surface area contributed by atoms with Crippen molar-refractivity contribution < 1.29 is 4.55 Å². The number of nitrogens with one attached hydrogen (secondary N) is 2. The monoisotopic (exact) mass is 240 g/mol. The van der Waals surface area contributed by atoms with E-state index in [1.165, 1.54) is 0 Å². The number of nitrogens with two attached hydrogens (primary N) is 1. The van der Waals surface area contributed by atoms with E-state index in [2.05, 4.69) is 10.0 Å². The van der Waals surface area contributed by atoms with Gasteiger partial charge >= 0.3 is 0 Å². The van der Waals surface area contributed by atoms with Crippen LogP contribution in [0.5, 0.6) is 0 Å². The van der Waals surface area contributed by atoms with Crippen LogP contribution in [0.4, 0.5) is 11.4 Å². The van der Waals surface area contributed by atoms with Crippen molar-refractivity contribution in [1.82, 2.24) is 9.62 Å². The van der Waals surface area contributed by atoms with Gasteiger partial charge in [-0.25, -0.2) is 0 Å². The summed E-state index contributed by atoms with van der Waals surface area (Å²) in [5, 5.41) is 3.22. The quantitative estimate of drug-likeness (QED) is 0.518. The van der Waals surface area contributed by atoms with E-state index in [1.54, 1.807) is 12.1 Å². The van der Waals surface area contributed by atoms with Crippen LogP contribution in [0.25, 0.3) is 0 Å². The van der Waals surface area contributed by atoms with Gasteiger partial charge in [-0.1, -0.05) is 0 Å². The lowest BCUT2D eigenvalue weighted by atomic mass is 10.3. The highest BCUT2D eigenvalue weighted by atomic mass is 32.2. The van der Waals surface area contributed by atoms with E-state index in [-0.39, 0.29) is 0 Å². The van der Waals surface area contributed by atoms with Gasteiger partial charge in [0, 0.05) is 18.8 Å². The van der Waals surface area contributed by atoms with Gasteiger partial charge < -0.3 is 15.6 Å². The Morgan fingerprint density at radius 2 is 1.88 bits per heavy atom. The van der Waals surface area contributed by atoms with E-state index < -0.39 is 11.5 Å². The zero-order valence-corrected chi connectivity index (χ0v) is 9.80. The lowest BCUT2D eigenvalue weighted by molar-refractivity contribution is 0.362. The summed E-state index contributed by atoms with van der Waals surface area (Å²) < 4.78 is 16.8. The summed E-state index contributed by atoms with van der Waals surface area (Å²) >= 11 is -1.16. The molecule has 1 unspecified atom stereocenters. The molecule has 0 aromatic heterocycles. The van der Waals surface area contributed by atoms with E-state index >= 15 is 0 Å². The second kappa shape index (κ2) is 5.40. The third-order valence-electron chi connectivity index (χ3n) is 2.43. The molecule has 1 saturated heterocycles. The van der Waals surface area contributed by atoms with Crippen LogP contribution in [0.2, 0.25) is 0 Å². The maximum Gasteiger partial charge on any atom is 0.166 e. The summed E-state index contributed by atoms with van der Waals surface area (Å²) in [5.41, 5.74) is 7.11. The fourth-order valence-corrected chi connectivity index (χ4v) is 2.51. The van der Waals surface area contributed by atoms with Crippen molar-refractivity contribution in [2.75, 3.05) is 36.6 Å². The number of nitrogen functional groups attached to an aromatic ring is 1. The van der Waals surface area contributed by atoms with E-state index in [0.29, 0.717) is 5.69 Å². The van der Waals surface area contributed by atoms with E-state index in [9.17, 15) is 4.55 Å². The normalized spacial score (nSPS) is 19.3. The molecule has 4 N–H and O–H groups in total. The number of hydrogen-bond acceptors (Lipinski definition) is 5. The van der Waals surface area contributed by atoms with Gasteiger partial charge in [0.25, 0.3) is 0 Å². The minimum Gasteiger partial charge on any atom is -0.573 e. The average Bonchev–Trinajstić information content (AvgIpc) is 2.33. The largest absolute Gasteiger partial charge is 0.573 e. The highest BCUT2D eigenvalue weighted by molar-refractivity contribution is 7.90. The summed E-state index contributed by atoms with van der Waals surface area (Å²) in [4.78, 5) is 0. The Kier molecular flexibility index (Phi) is 3.89. The fraction of sp³-hybridized carbons (Fsp3) is 0.400. The van der Waals surface area contributed by atoms with Crippen molar-refractivity contribution in [1.29, 1.82) is 0 Å². The van der Waals surface area contributed by atoms with Gasteiger partial charge in [-0.2, -0.15) is 4.72 Å². The first kappa shape index (κ1) is 11.5. The molecule has 0 aliphatic carbocycles. The molecule has 1 fully saturated rings. The van der Waals surface area contributed by atoms with Crippen LogP contribution < -0.4 is 15.8 Å². The Morgan fingerprint density at radius 1 is 1.25 bits per heavy atom. The van der Waals surface area contributed by atoms with Crippen LogP contribution >= 0.6 is 0 Å². The zero-order valence-electron chi connectivity index (χ0n) is 8.98. The third-order valence-corrected chi connectivity index (χ3v) is 3.67. The summed E-state index contributed by atoms with van der Waals surface area (Å²) in [7, 11) is 0. The minimum absolute atomic E-state index is 0.707. The molecule has 1 aliphatic rings. The molecule has 1 aliphatic heterocycles. The van der Waals surface area contributed by atoms with Crippen LogP contribution in [0.3, 0.4) is 0 Å². The molecule has 88 valence electrons. The molecular weight excluding hydrogens is 224 g/mol. The van der Waals surface area contributed by atoms with Gasteiger partial charge in [0.1, 0.15) is 0 Å². The average molecular weight is 240 g/mol. The molecule has 0 spiro atoms. The lowest BCUT2D eigenvalue weighted by Crippen LogP contribution is -2.48. The summed E-state index contributed by atoms with van der Waals surface area (Å²) in [5.74, 6) is 0. The standard InChI is InChI=1S/C10H16N4OS/c11-9-1-3-10(4-2-9)13-16(15)14-7-5-12-6-8-14/h1-4,12-13H,5-8,11H2. The van der Waals surface area contributed by atoms with Gasteiger partial charge in [-0.15, -0.1) is 4.31 Å². The molecule has 0 amide bonds. The number of benzene rings is 1. The number of hydrogen-bond donors (Lipinski definition) is 3. The molecule has 5 nitrogen and oxygen atoms in total. The van der Waals surface area contributed by atoms with Gasteiger partial charge in [-0.3, -0.25) is 0 Å². The molecule has 6 heteroatoms. The van der Waals surface area contributed by atoms with Gasteiger partial charge in [0.05, 0.1) is 18.8 Å². The highest BCUT2D eigenvalue weighted by Gasteiger charge is 2.22. The Morgan fingerprint density at radius 3 is 2.50 bits per heavy atom. The first-order chi connectivity index (χ1) is 7.75. The van der Waals surface area contributed by atoms with Crippen molar-refractivity contribution in [3.63, 3.8) is 0 Å². The smallest absolute Gasteiger partial charge is 0.166 e. The Labute approximate surface area is 98.4 Å². The van der Waals surface area contributed by atoms with E-state index in [0.717, 1.165) is 31.9 Å². The Bertz CT molecular complexity index is 326. The first-order valence-electron chi connectivity index (χ1n) is 5.25. The Hall–Kier alpha value is -0.950. The van der Waals surface area contributed by atoms with Crippen LogP contribution in [0.1, 0.15) is 0 Å². The van der Waals surface area contributed by atoms with Crippen molar-refractivity contribution in [2.45, 2.75) is 0 Å². The second-order valence-electron chi connectivity index (χ2n) is 3.65. The van der Waals surface area contributed by atoms with Crippen LogP contribution in [0, 0.1) is 0 Å². The molecule has 0 bridgehead atoms. The predicted molar refractivity (Wildman–Crippen MR) is 67.1 cm³/mol. The van der Waals surface area contributed by atoms with Crippen LogP contribution in [-0.4, -0.2) is 35.0 Å². The second-order valence-corrected chi connectivity index (χ2v) is 4.87. The van der Waals surface area contributed by atoms with E-state index in [1.807, 2.05) is 16.4 Å². The van der Waals surface area contributed by atoms with Crippen LogP contribution in [-0.2, 0) is 11.5 Å². The molecule has 16 heavy (non-hydrogen) atoms. The molecule has 1 aromatic carbocycles. The van der Waals surface area contributed by atoms with Gasteiger partial charge in [0.2, 0.25) is 0 Å². The molecule has 0 radical (unpaired) electrons. The van der Waals surface area contributed by atoms with Crippen molar-refractivity contribution >= 4 is 22.9 Å². The molecule has 1 heterocycles. The Balaban J connectivity index is 1.90. The number of piperazine rings is 1. The number of rotatable bonds is 3. The third kappa shape index (κ3) is 3.02. The molecule has 1 atom stereocenters.